The Bertz CT molecular complexity index is 293. The van der Waals surface area contributed by atoms with Crippen LogP contribution in [0.25, 0.3) is 0 Å². The van der Waals surface area contributed by atoms with Crippen LogP contribution in [0.3, 0.4) is 0 Å². The van der Waals surface area contributed by atoms with Crippen LogP contribution in [0.2, 0.25) is 0 Å². The summed E-state index contributed by atoms with van der Waals surface area (Å²) in [6, 6.07) is 9.97. The Labute approximate surface area is 85.8 Å². The highest BCUT2D eigenvalue weighted by atomic mass is 127. The van der Waals surface area contributed by atoms with E-state index in [4.69, 9.17) is 8.33 Å². The maximum Gasteiger partial charge on any atom is 0.110 e. The van der Waals surface area contributed by atoms with Gasteiger partial charge in [-0.05, 0) is 11.1 Å². The zero-order chi connectivity index (χ0) is 8.81. The van der Waals surface area contributed by atoms with Crippen LogP contribution in [0.1, 0.15) is 11.1 Å². The van der Waals surface area contributed by atoms with E-state index >= 15 is 0 Å². The molecule has 0 bridgehead atoms. The summed E-state index contributed by atoms with van der Waals surface area (Å²) < 4.78 is 4.95. The average Bonchev–Trinajstić information content (AvgIpc) is 2.06. The zero-order valence-corrected chi connectivity index (χ0v) is 8.61. The van der Waals surface area contributed by atoms with E-state index in [0.717, 1.165) is 11.1 Å². The van der Waals surface area contributed by atoms with E-state index in [1.807, 2.05) is 47.3 Å². The number of nitrogens with zero attached hydrogens (tertiary/aromatic N) is 1. The van der Waals surface area contributed by atoms with Gasteiger partial charge >= 0.3 is 0 Å². The maximum absolute atomic E-state index is 8.46. The van der Waals surface area contributed by atoms with Gasteiger partial charge in [-0.25, -0.2) is 0 Å². The lowest BCUT2D eigenvalue weighted by molar-refractivity contribution is 0.418. The lowest BCUT2D eigenvalue weighted by Gasteiger charge is -1.99. The molecule has 1 aromatic carbocycles. The molecule has 0 aliphatic rings. The van der Waals surface area contributed by atoms with E-state index in [0.29, 0.717) is 13.0 Å². The van der Waals surface area contributed by atoms with Crippen LogP contribution in [0.4, 0.5) is 0 Å². The summed E-state index contributed by atoms with van der Waals surface area (Å²) in [5.41, 5.74) is 2.15. The topological polar surface area (TPSA) is 33.0 Å². The molecule has 1 aromatic rings. The molecule has 0 N–H and O–H groups in total. The molecule has 0 saturated heterocycles. The summed E-state index contributed by atoms with van der Waals surface area (Å²) in [4.78, 5) is 0. The van der Waals surface area contributed by atoms with Gasteiger partial charge in [-0.2, -0.15) is 5.26 Å². The van der Waals surface area contributed by atoms with Crippen LogP contribution in [0.5, 0.6) is 0 Å². The quantitative estimate of drug-likeness (QED) is 0.793. The highest BCUT2D eigenvalue weighted by Crippen LogP contribution is 2.08. The molecular formula is C9H8INO. The monoisotopic (exact) mass is 273 g/mol. The summed E-state index contributed by atoms with van der Waals surface area (Å²) >= 11 is 1.86. The predicted octanol–water partition coefficient (Wildman–Crippen LogP) is 2.62. The molecule has 62 valence electrons. The third-order valence-corrected chi connectivity index (χ3v) is 1.81. The number of rotatable bonds is 3. The second-order valence-electron chi connectivity index (χ2n) is 2.41. The Morgan fingerprint density at radius 1 is 1.42 bits per heavy atom. The zero-order valence-electron chi connectivity index (χ0n) is 6.46. The van der Waals surface area contributed by atoms with Gasteiger partial charge in [-0.3, -0.25) is 0 Å². The van der Waals surface area contributed by atoms with Gasteiger partial charge in [0.2, 0.25) is 0 Å². The Balaban J connectivity index is 2.75. The molecular weight excluding hydrogens is 265 g/mol. The molecule has 2 nitrogen and oxygen atoms in total. The van der Waals surface area contributed by atoms with Gasteiger partial charge in [0, 0.05) is 0 Å². The lowest BCUT2D eigenvalue weighted by atomic mass is 10.1. The van der Waals surface area contributed by atoms with Crippen molar-refractivity contribution in [3.63, 3.8) is 0 Å². The van der Waals surface area contributed by atoms with Gasteiger partial charge in [0.15, 0.2) is 0 Å². The van der Waals surface area contributed by atoms with Crippen molar-refractivity contribution in [1.82, 2.24) is 0 Å². The summed E-state index contributed by atoms with van der Waals surface area (Å²) in [5.74, 6) is 0. The first-order valence-electron chi connectivity index (χ1n) is 3.55. The smallest absolute Gasteiger partial charge is 0.110 e. The first kappa shape index (κ1) is 9.49. The normalized spacial score (nSPS) is 9.33. The minimum absolute atomic E-state index is 0.467. The fourth-order valence-electron chi connectivity index (χ4n) is 0.984. The van der Waals surface area contributed by atoms with Gasteiger partial charge in [-0.15, -0.1) is 0 Å². The first-order valence-corrected chi connectivity index (χ1v) is 4.43. The van der Waals surface area contributed by atoms with E-state index in [9.17, 15) is 0 Å². The summed E-state index contributed by atoms with van der Waals surface area (Å²) in [6.07, 6.45) is 0.467. The largest absolute Gasteiger partial charge is 0.311 e. The number of nitriles is 1. The molecule has 0 aliphatic carbocycles. The Hall–Kier alpha value is -0.600. The van der Waals surface area contributed by atoms with Crippen LogP contribution in [0.15, 0.2) is 24.3 Å². The van der Waals surface area contributed by atoms with Crippen molar-refractivity contribution in [3.8, 4) is 6.07 Å². The van der Waals surface area contributed by atoms with Crippen LogP contribution in [-0.4, -0.2) is 0 Å². The van der Waals surface area contributed by atoms with E-state index in [1.54, 1.807) is 0 Å². The van der Waals surface area contributed by atoms with Crippen molar-refractivity contribution in [1.29, 1.82) is 5.26 Å². The fraction of sp³-hybridized carbons (Fsp3) is 0.222. The Morgan fingerprint density at radius 3 is 2.83 bits per heavy atom. The summed E-state index contributed by atoms with van der Waals surface area (Å²) in [5, 5.41) is 8.46. The summed E-state index contributed by atoms with van der Waals surface area (Å²) in [7, 11) is 0. The molecule has 0 amide bonds. The molecule has 0 atom stereocenters. The second kappa shape index (κ2) is 5.12. The standard InChI is InChI=1S/C9H8INO/c10-12-7-9-3-1-2-8(6-9)4-5-11/h1-3,6H,4,7H2. The van der Waals surface area contributed by atoms with E-state index < -0.39 is 0 Å². The van der Waals surface area contributed by atoms with Gasteiger partial charge < -0.3 is 3.07 Å². The molecule has 0 heterocycles. The maximum atomic E-state index is 8.46. The van der Waals surface area contributed by atoms with Crippen molar-refractivity contribution in [2.75, 3.05) is 0 Å². The summed E-state index contributed by atoms with van der Waals surface area (Å²) in [6.45, 7) is 0.597. The fourth-order valence-corrected chi connectivity index (χ4v) is 1.34. The molecule has 0 fully saturated rings. The second-order valence-corrected chi connectivity index (χ2v) is 3.03. The van der Waals surface area contributed by atoms with Crippen molar-refractivity contribution >= 4 is 23.0 Å². The average molecular weight is 273 g/mol. The van der Waals surface area contributed by atoms with Crippen LogP contribution >= 0.6 is 23.0 Å². The number of benzene rings is 1. The van der Waals surface area contributed by atoms with E-state index in [1.165, 1.54) is 0 Å². The Kier molecular flexibility index (Phi) is 4.05. The molecule has 0 spiro atoms. The minimum atomic E-state index is 0.467. The molecule has 12 heavy (non-hydrogen) atoms. The van der Waals surface area contributed by atoms with Crippen LogP contribution in [0, 0.1) is 11.3 Å². The highest BCUT2D eigenvalue weighted by Gasteiger charge is 1.94. The van der Waals surface area contributed by atoms with Crippen LogP contribution < -0.4 is 0 Å². The SMILES string of the molecule is N#CCc1cccc(COI)c1. The van der Waals surface area contributed by atoms with Crippen molar-refractivity contribution < 1.29 is 3.07 Å². The lowest BCUT2D eigenvalue weighted by Crippen LogP contribution is -1.87. The number of hydrogen-bond donors (Lipinski definition) is 0. The van der Waals surface area contributed by atoms with Crippen LogP contribution in [-0.2, 0) is 16.1 Å². The molecule has 0 aromatic heterocycles. The molecule has 0 unspecified atom stereocenters. The minimum Gasteiger partial charge on any atom is -0.311 e. The molecule has 1 rings (SSSR count). The molecule has 0 radical (unpaired) electrons. The van der Waals surface area contributed by atoms with Crippen molar-refractivity contribution in [2.24, 2.45) is 0 Å². The third kappa shape index (κ3) is 2.80. The number of hydrogen-bond acceptors (Lipinski definition) is 2. The predicted molar refractivity (Wildman–Crippen MR) is 54.6 cm³/mol. The van der Waals surface area contributed by atoms with E-state index in [-0.39, 0.29) is 0 Å². The van der Waals surface area contributed by atoms with Gasteiger partial charge in [0.1, 0.15) is 23.0 Å². The van der Waals surface area contributed by atoms with Gasteiger partial charge in [-0.1, -0.05) is 24.3 Å². The van der Waals surface area contributed by atoms with Gasteiger partial charge in [0.05, 0.1) is 19.1 Å². The molecule has 0 aliphatic heterocycles. The van der Waals surface area contributed by atoms with E-state index in [2.05, 4.69) is 6.07 Å². The van der Waals surface area contributed by atoms with Gasteiger partial charge in [0.25, 0.3) is 0 Å². The van der Waals surface area contributed by atoms with Crippen molar-refractivity contribution in [2.45, 2.75) is 13.0 Å². The molecule has 0 saturated carbocycles. The Morgan fingerprint density at radius 2 is 2.17 bits per heavy atom. The first-order chi connectivity index (χ1) is 5.86. The molecule has 3 heteroatoms. The highest BCUT2D eigenvalue weighted by molar-refractivity contribution is 14.1. The number of halogens is 1. The van der Waals surface area contributed by atoms with Crippen molar-refractivity contribution in [3.05, 3.63) is 35.4 Å². The third-order valence-electron chi connectivity index (χ3n) is 1.50.